The van der Waals surface area contributed by atoms with E-state index >= 15 is 0 Å². The monoisotopic (exact) mass is 258 g/mol. The summed E-state index contributed by atoms with van der Waals surface area (Å²) in [5.74, 6) is 0. The summed E-state index contributed by atoms with van der Waals surface area (Å²) in [6.45, 7) is 0.744. The lowest BCUT2D eigenvalue weighted by molar-refractivity contribution is -0.129. The van der Waals surface area contributed by atoms with Gasteiger partial charge < -0.3 is 10.1 Å². The Bertz CT molecular complexity index is 307. The van der Waals surface area contributed by atoms with E-state index in [1.54, 1.807) is 19.4 Å². The van der Waals surface area contributed by atoms with Crippen molar-refractivity contribution in [1.29, 1.82) is 0 Å². The van der Waals surface area contributed by atoms with Crippen LogP contribution in [0.2, 0.25) is 0 Å². The van der Waals surface area contributed by atoms with Crippen LogP contribution in [0.15, 0.2) is 22.9 Å². The molecule has 1 rings (SSSR count). The fraction of sp³-hybridized carbons (Fsp3) is 0.333. The third-order valence-corrected chi connectivity index (χ3v) is 2.24. The highest BCUT2D eigenvalue weighted by atomic mass is 79.9. The molecule has 76 valence electrons. The number of hydrogen-bond acceptors (Lipinski definition) is 4. The first-order valence-corrected chi connectivity index (χ1v) is 4.90. The summed E-state index contributed by atoms with van der Waals surface area (Å²) in [4.78, 5) is 14.1. The molecule has 0 spiro atoms. The van der Waals surface area contributed by atoms with Crippen molar-refractivity contribution in [2.24, 2.45) is 0 Å². The van der Waals surface area contributed by atoms with Gasteiger partial charge in [0.25, 0.3) is 6.47 Å². The molecular formula is C9H11BrN2O2. The maximum absolute atomic E-state index is 10.0. The number of halogens is 1. The molecule has 0 bridgehead atoms. The summed E-state index contributed by atoms with van der Waals surface area (Å²) in [6.07, 6.45) is 3.44. The van der Waals surface area contributed by atoms with E-state index in [1.807, 2.05) is 6.07 Å². The number of carbonyl (C=O) groups is 1. The summed E-state index contributed by atoms with van der Waals surface area (Å²) in [5, 5.41) is 3.04. The topological polar surface area (TPSA) is 51.2 Å². The number of carbonyl (C=O) groups excluding carboxylic acids is 1. The number of likely N-dealkylation sites (N-methyl/N-ethyl adjacent to an activating group) is 1. The minimum absolute atomic E-state index is 0.0230. The number of nitrogens with one attached hydrogen (secondary N) is 1. The van der Waals surface area contributed by atoms with Gasteiger partial charge in [0.05, 0.1) is 6.04 Å². The molecule has 1 N–H and O–H groups in total. The third-order valence-electron chi connectivity index (χ3n) is 1.81. The second kappa shape index (κ2) is 5.72. The predicted molar refractivity (Wildman–Crippen MR) is 55.8 cm³/mol. The van der Waals surface area contributed by atoms with Gasteiger partial charge in [0.15, 0.2) is 0 Å². The van der Waals surface area contributed by atoms with Crippen LogP contribution in [0.3, 0.4) is 0 Å². The van der Waals surface area contributed by atoms with Gasteiger partial charge in [-0.15, -0.1) is 0 Å². The lowest BCUT2D eigenvalue weighted by atomic mass is 10.1. The van der Waals surface area contributed by atoms with Gasteiger partial charge in [0.2, 0.25) is 0 Å². The summed E-state index contributed by atoms with van der Waals surface area (Å²) in [7, 11) is 1.81. The van der Waals surface area contributed by atoms with Crippen molar-refractivity contribution in [3.05, 3.63) is 28.5 Å². The first kappa shape index (κ1) is 11.1. The Morgan fingerprint density at radius 2 is 2.50 bits per heavy atom. The van der Waals surface area contributed by atoms with Gasteiger partial charge in [-0.1, -0.05) is 0 Å². The highest BCUT2D eigenvalue weighted by Crippen LogP contribution is 2.16. The first-order valence-electron chi connectivity index (χ1n) is 4.11. The average molecular weight is 259 g/mol. The summed E-state index contributed by atoms with van der Waals surface area (Å²) < 4.78 is 5.60. The maximum atomic E-state index is 10.0. The number of rotatable bonds is 5. The van der Waals surface area contributed by atoms with Crippen LogP contribution in [0, 0.1) is 0 Å². The standard InChI is InChI=1S/C9H11BrN2O2/c1-11-9(5-14-6-13)7-2-8(10)4-12-3-7/h2-4,6,9,11H,5H2,1H3. The van der Waals surface area contributed by atoms with Crippen LogP contribution in [0.1, 0.15) is 11.6 Å². The zero-order valence-corrected chi connectivity index (χ0v) is 9.32. The van der Waals surface area contributed by atoms with Gasteiger partial charge in [-0.3, -0.25) is 9.78 Å². The van der Waals surface area contributed by atoms with Crippen LogP contribution in [0.5, 0.6) is 0 Å². The molecule has 0 saturated carbocycles. The smallest absolute Gasteiger partial charge is 0.293 e. The molecule has 14 heavy (non-hydrogen) atoms. The van der Waals surface area contributed by atoms with Gasteiger partial charge in [-0.05, 0) is 34.6 Å². The Morgan fingerprint density at radius 1 is 1.71 bits per heavy atom. The van der Waals surface area contributed by atoms with Crippen LogP contribution in [-0.2, 0) is 9.53 Å². The van der Waals surface area contributed by atoms with Gasteiger partial charge in [-0.2, -0.15) is 0 Å². The van der Waals surface area contributed by atoms with Crippen LogP contribution in [0.4, 0.5) is 0 Å². The van der Waals surface area contributed by atoms with Crippen LogP contribution >= 0.6 is 15.9 Å². The summed E-state index contributed by atoms with van der Waals surface area (Å²) >= 11 is 3.33. The minimum atomic E-state index is -0.0230. The molecule has 4 nitrogen and oxygen atoms in total. The average Bonchev–Trinajstić information content (AvgIpc) is 2.19. The zero-order valence-electron chi connectivity index (χ0n) is 7.74. The lowest BCUT2D eigenvalue weighted by Gasteiger charge is -2.14. The van der Waals surface area contributed by atoms with Crippen molar-refractivity contribution in [1.82, 2.24) is 10.3 Å². The predicted octanol–water partition coefficient (Wildman–Crippen LogP) is 1.28. The molecule has 0 aliphatic carbocycles. The largest absolute Gasteiger partial charge is 0.466 e. The second-order valence-electron chi connectivity index (χ2n) is 2.71. The van der Waals surface area contributed by atoms with Crippen LogP contribution < -0.4 is 5.32 Å². The Balaban J connectivity index is 2.72. The zero-order chi connectivity index (χ0) is 10.4. The SMILES string of the molecule is CNC(COC=O)c1cncc(Br)c1. The Kier molecular flexibility index (Phi) is 4.55. The highest BCUT2D eigenvalue weighted by Gasteiger charge is 2.09. The highest BCUT2D eigenvalue weighted by molar-refractivity contribution is 9.10. The molecule has 5 heteroatoms. The summed E-state index contributed by atoms with van der Waals surface area (Å²) in [5.41, 5.74) is 0.976. The molecule has 1 atom stereocenters. The van der Waals surface area contributed by atoms with E-state index in [-0.39, 0.29) is 6.04 Å². The minimum Gasteiger partial charge on any atom is -0.466 e. The van der Waals surface area contributed by atoms with E-state index < -0.39 is 0 Å². The summed E-state index contributed by atoms with van der Waals surface area (Å²) in [6, 6.07) is 1.91. The van der Waals surface area contributed by atoms with E-state index in [1.165, 1.54) is 0 Å². The third kappa shape index (κ3) is 3.08. The number of pyridine rings is 1. The van der Waals surface area contributed by atoms with E-state index in [4.69, 9.17) is 4.74 Å². The quantitative estimate of drug-likeness (QED) is 0.809. The van der Waals surface area contributed by atoms with Gasteiger partial charge in [-0.25, -0.2) is 0 Å². The molecule has 0 aliphatic heterocycles. The van der Waals surface area contributed by atoms with Gasteiger partial charge >= 0.3 is 0 Å². The number of nitrogens with zero attached hydrogens (tertiary/aromatic N) is 1. The van der Waals surface area contributed by atoms with Crippen molar-refractivity contribution in [2.75, 3.05) is 13.7 Å². The van der Waals surface area contributed by atoms with Crippen LogP contribution in [0.25, 0.3) is 0 Å². The molecule has 0 amide bonds. The van der Waals surface area contributed by atoms with Crippen molar-refractivity contribution in [3.63, 3.8) is 0 Å². The van der Waals surface area contributed by atoms with Crippen molar-refractivity contribution in [3.8, 4) is 0 Å². The van der Waals surface area contributed by atoms with E-state index in [0.717, 1.165) is 10.0 Å². The van der Waals surface area contributed by atoms with Gasteiger partial charge in [0.1, 0.15) is 6.61 Å². The molecule has 0 fully saturated rings. The molecule has 1 heterocycles. The van der Waals surface area contributed by atoms with Gasteiger partial charge in [0, 0.05) is 16.9 Å². The molecule has 1 unspecified atom stereocenters. The Hall–Kier alpha value is -0.940. The molecule has 0 saturated heterocycles. The fourth-order valence-corrected chi connectivity index (χ4v) is 1.48. The van der Waals surface area contributed by atoms with Crippen molar-refractivity contribution >= 4 is 22.4 Å². The van der Waals surface area contributed by atoms with E-state index in [2.05, 4.69) is 26.2 Å². The second-order valence-corrected chi connectivity index (χ2v) is 3.62. The first-order chi connectivity index (χ1) is 6.77. The molecule has 1 aromatic heterocycles. The fourth-order valence-electron chi connectivity index (χ4n) is 1.10. The van der Waals surface area contributed by atoms with Crippen molar-refractivity contribution < 1.29 is 9.53 Å². The van der Waals surface area contributed by atoms with E-state index in [0.29, 0.717) is 13.1 Å². The maximum Gasteiger partial charge on any atom is 0.293 e. The number of ether oxygens (including phenoxy) is 1. The molecule has 0 aliphatic rings. The number of hydrogen-bond donors (Lipinski definition) is 1. The molecular weight excluding hydrogens is 248 g/mol. The normalized spacial score (nSPS) is 12.1. The number of aromatic nitrogens is 1. The van der Waals surface area contributed by atoms with E-state index in [9.17, 15) is 4.79 Å². The Labute approximate surface area is 90.8 Å². The van der Waals surface area contributed by atoms with Crippen molar-refractivity contribution in [2.45, 2.75) is 6.04 Å². The van der Waals surface area contributed by atoms with Crippen LogP contribution in [-0.4, -0.2) is 25.1 Å². The lowest BCUT2D eigenvalue weighted by Crippen LogP contribution is -2.21. The molecule has 0 aromatic carbocycles. The Morgan fingerprint density at radius 3 is 3.07 bits per heavy atom. The molecule has 0 radical (unpaired) electrons. The molecule has 1 aromatic rings.